The van der Waals surface area contributed by atoms with E-state index in [1.165, 1.54) is 7.11 Å². The monoisotopic (exact) mass is 298 g/mol. The van der Waals surface area contributed by atoms with Gasteiger partial charge in [0.25, 0.3) is 0 Å². The summed E-state index contributed by atoms with van der Waals surface area (Å²) < 4.78 is 69.8. The van der Waals surface area contributed by atoms with E-state index in [-0.39, 0.29) is 25.3 Å². The second-order valence-electron chi connectivity index (χ2n) is 3.71. The van der Waals surface area contributed by atoms with Crippen LogP contribution in [0.3, 0.4) is 0 Å². The summed E-state index contributed by atoms with van der Waals surface area (Å²) in [6.45, 7) is -0.197. The van der Waals surface area contributed by atoms with Gasteiger partial charge in [0, 0.05) is 25.8 Å². The Morgan fingerprint density at radius 3 is 2.26 bits per heavy atom. The molecule has 9 heteroatoms. The molecule has 0 fully saturated rings. The van der Waals surface area contributed by atoms with Gasteiger partial charge in [0.2, 0.25) is 10.0 Å². The Balaban J connectivity index is 3.14. The minimum Gasteiger partial charge on any atom is -0.383 e. The van der Waals surface area contributed by atoms with Crippen LogP contribution in [0.4, 0.5) is 13.2 Å². The molecule has 3 N–H and O–H groups in total. The number of methoxy groups -OCH3 is 1. The molecule has 1 rings (SSSR count). The third kappa shape index (κ3) is 3.90. The van der Waals surface area contributed by atoms with E-state index < -0.39 is 38.4 Å². The molecule has 0 aromatic heterocycles. The van der Waals surface area contributed by atoms with Gasteiger partial charge >= 0.3 is 0 Å². The van der Waals surface area contributed by atoms with Crippen LogP contribution in [0, 0.1) is 17.5 Å². The van der Waals surface area contributed by atoms with Gasteiger partial charge in [-0.05, 0) is 0 Å². The number of benzene rings is 1. The minimum absolute atomic E-state index is 0.0693. The van der Waals surface area contributed by atoms with Crippen molar-refractivity contribution in [2.45, 2.75) is 10.9 Å². The quantitative estimate of drug-likeness (QED) is 0.794. The number of sulfonamides is 1. The molecule has 0 radical (unpaired) electrons. The van der Waals surface area contributed by atoms with Crippen molar-refractivity contribution in [3.8, 4) is 0 Å². The standard InChI is InChI=1S/C10H13F3N2O3S/c1-18-5-7(4-14)15-19(16,17)10-8(12)2-6(11)3-9(10)13/h2-3,7,15H,4-5,14H2,1H3. The minimum atomic E-state index is -4.50. The van der Waals surface area contributed by atoms with Crippen molar-refractivity contribution in [3.63, 3.8) is 0 Å². The summed E-state index contributed by atoms with van der Waals surface area (Å²) in [5.41, 5.74) is 5.29. The first-order chi connectivity index (χ1) is 8.81. The maximum atomic E-state index is 13.4. The van der Waals surface area contributed by atoms with E-state index in [1.807, 2.05) is 4.72 Å². The second-order valence-corrected chi connectivity index (χ2v) is 5.36. The van der Waals surface area contributed by atoms with E-state index in [2.05, 4.69) is 0 Å². The van der Waals surface area contributed by atoms with Crippen molar-refractivity contribution >= 4 is 10.0 Å². The Kier molecular flexibility index (Phi) is 5.29. The average Bonchev–Trinajstić information content (AvgIpc) is 2.25. The van der Waals surface area contributed by atoms with Crippen molar-refractivity contribution in [2.75, 3.05) is 20.3 Å². The molecule has 1 aromatic carbocycles. The van der Waals surface area contributed by atoms with Crippen molar-refractivity contribution in [1.29, 1.82) is 0 Å². The fraction of sp³-hybridized carbons (Fsp3) is 0.400. The Labute approximate surface area is 108 Å². The van der Waals surface area contributed by atoms with Crippen LogP contribution in [0.5, 0.6) is 0 Å². The number of nitrogens with two attached hydrogens (primary N) is 1. The van der Waals surface area contributed by atoms with Crippen LogP contribution in [0.25, 0.3) is 0 Å². The lowest BCUT2D eigenvalue weighted by molar-refractivity contribution is 0.177. The summed E-state index contributed by atoms with van der Waals surface area (Å²) in [6.07, 6.45) is 0. The Bertz CT molecular complexity index is 528. The molecule has 0 aliphatic carbocycles. The summed E-state index contributed by atoms with van der Waals surface area (Å²) in [4.78, 5) is -1.25. The van der Waals surface area contributed by atoms with Gasteiger partial charge in [0.1, 0.15) is 17.5 Å². The van der Waals surface area contributed by atoms with Crippen molar-refractivity contribution < 1.29 is 26.3 Å². The van der Waals surface area contributed by atoms with Crippen molar-refractivity contribution in [1.82, 2.24) is 4.72 Å². The van der Waals surface area contributed by atoms with E-state index >= 15 is 0 Å². The normalized spacial score (nSPS) is 13.5. The van der Waals surface area contributed by atoms with Crippen LogP contribution in [-0.2, 0) is 14.8 Å². The molecule has 0 aliphatic rings. The molecule has 0 saturated carbocycles. The fourth-order valence-corrected chi connectivity index (χ4v) is 2.77. The highest BCUT2D eigenvalue weighted by atomic mass is 32.2. The Morgan fingerprint density at radius 2 is 1.84 bits per heavy atom. The molecule has 1 unspecified atom stereocenters. The summed E-state index contributed by atoms with van der Waals surface area (Å²) in [5.74, 6) is -4.24. The fourth-order valence-electron chi connectivity index (χ4n) is 1.42. The Hall–Kier alpha value is -1.16. The first kappa shape index (κ1) is 15.9. The van der Waals surface area contributed by atoms with Gasteiger partial charge in [-0.3, -0.25) is 0 Å². The van der Waals surface area contributed by atoms with Gasteiger partial charge in [-0.1, -0.05) is 0 Å². The van der Waals surface area contributed by atoms with Crippen LogP contribution < -0.4 is 10.5 Å². The van der Waals surface area contributed by atoms with Gasteiger partial charge in [-0.2, -0.15) is 0 Å². The number of hydrogen-bond donors (Lipinski definition) is 2. The van der Waals surface area contributed by atoms with E-state index in [1.54, 1.807) is 0 Å². The average molecular weight is 298 g/mol. The lowest BCUT2D eigenvalue weighted by atomic mass is 10.3. The summed E-state index contributed by atoms with van der Waals surface area (Å²) in [5, 5.41) is 0. The van der Waals surface area contributed by atoms with E-state index in [0.717, 1.165) is 0 Å². The summed E-state index contributed by atoms with van der Waals surface area (Å²) in [7, 11) is -3.18. The molecule has 19 heavy (non-hydrogen) atoms. The van der Waals surface area contributed by atoms with Crippen LogP contribution in [0.1, 0.15) is 0 Å². The third-order valence-electron chi connectivity index (χ3n) is 2.21. The highest BCUT2D eigenvalue weighted by Crippen LogP contribution is 2.20. The number of nitrogens with one attached hydrogen (secondary N) is 1. The molecule has 0 amide bonds. The third-order valence-corrected chi connectivity index (χ3v) is 3.78. The maximum Gasteiger partial charge on any atom is 0.246 e. The number of ether oxygens (including phenoxy) is 1. The molecular formula is C10H13F3N2O3S. The molecule has 1 atom stereocenters. The number of halogens is 3. The molecule has 1 aromatic rings. The van der Waals surface area contributed by atoms with Crippen LogP contribution >= 0.6 is 0 Å². The maximum absolute atomic E-state index is 13.4. The van der Waals surface area contributed by atoms with Crippen molar-refractivity contribution in [3.05, 3.63) is 29.6 Å². The predicted octanol–water partition coefficient (Wildman–Crippen LogP) is 0.356. The second kappa shape index (κ2) is 6.33. The van der Waals surface area contributed by atoms with E-state index in [0.29, 0.717) is 0 Å². The molecule has 0 aliphatic heterocycles. The molecule has 0 spiro atoms. The highest BCUT2D eigenvalue weighted by Gasteiger charge is 2.27. The first-order valence-corrected chi connectivity index (χ1v) is 6.66. The van der Waals surface area contributed by atoms with Gasteiger partial charge in [0.05, 0.1) is 12.6 Å². The molecule has 5 nitrogen and oxygen atoms in total. The smallest absolute Gasteiger partial charge is 0.246 e. The first-order valence-electron chi connectivity index (χ1n) is 5.17. The highest BCUT2D eigenvalue weighted by molar-refractivity contribution is 7.89. The van der Waals surface area contributed by atoms with Gasteiger partial charge < -0.3 is 10.5 Å². The zero-order valence-corrected chi connectivity index (χ0v) is 10.8. The molecule has 108 valence electrons. The van der Waals surface area contributed by atoms with Gasteiger partial charge in [0.15, 0.2) is 4.90 Å². The molecular weight excluding hydrogens is 285 g/mol. The topological polar surface area (TPSA) is 81.4 Å². The molecule has 0 saturated heterocycles. The lowest BCUT2D eigenvalue weighted by Crippen LogP contribution is -2.43. The number of hydrogen-bond acceptors (Lipinski definition) is 4. The molecule has 0 bridgehead atoms. The zero-order valence-electron chi connectivity index (χ0n) is 9.99. The van der Waals surface area contributed by atoms with Gasteiger partial charge in [-0.15, -0.1) is 0 Å². The van der Waals surface area contributed by atoms with Crippen LogP contribution in [-0.4, -0.2) is 34.7 Å². The SMILES string of the molecule is COCC(CN)NS(=O)(=O)c1c(F)cc(F)cc1F. The Morgan fingerprint density at radius 1 is 1.32 bits per heavy atom. The van der Waals surface area contributed by atoms with Gasteiger partial charge in [-0.25, -0.2) is 26.3 Å². The number of rotatable bonds is 6. The summed E-state index contributed by atoms with van der Waals surface area (Å²) in [6, 6.07) is -0.282. The predicted molar refractivity (Wildman–Crippen MR) is 61.4 cm³/mol. The lowest BCUT2D eigenvalue weighted by Gasteiger charge is -2.16. The zero-order chi connectivity index (χ0) is 14.6. The van der Waals surface area contributed by atoms with Crippen LogP contribution in [0.15, 0.2) is 17.0 Å². The summed E-state index contributed by atoms with van der Waals surface area (Å²) >= 11 is 0. The van der Waals surface area contributed by atoms with E-state index in [9.17, 15) is 21.6 Å². The molecule has 0 heterocycles. The van der Waals surface area contributed by atoms with Crippen LogP contribution in [0.2, 0.25) is 0 Å². The largest absolute Gasteiger partial charge is 0.383 e. The van der Waals surface area contributed by atoms with Crippen molar-refractivity contribution in [2.24, 2.45) is 5.73 Å². The van der Waals surface area contributed by atoms with E-state index in [4.69, 9.17) is 10.5 Å².